The molecule has 0 aromatic heterocycles. The van der Waals surface area contributed by atoms with E-state index >= 15 is 0 Å². The fourth-order valence-corrected chi connectivity index (χ4v) is 4.01. The number of likely N-dealkylation sites (tertiary alicyclic amines) is 1. The number of nitrogens with zero attached hydrogens (tertiary/aromatic N) is 1. The van der Waals surface area contributed by atoms with Crippen molar-refractivity contribution < 1.29 is 9.90 Å². The van der Waals surface area contributed by atoms with Gasteiger partial charge >= 0.3 is 0 Å². The maximum atomic E-state index is 12.8. The number of fused-ring (bicyclic) bond motifs is 1. The molecule has 1 amide bonds. The summed E-state index contributed by atoms with van der Waals surface area (Å²) in [7, 11) is 0. The average Bonchev–Trinajstić information content (AvgIpc) is 2.53. The minimum absolute atomic E-state index is 0.0880. The molecule has 1 aliphatic carbocycles. The quantitative estimate of drug-likeness (QED) is 0.900. The summed E-state index contributed by atoms with van der Waals surface area (Å²) >= 11 is 0. The lowest BCUT2D eigenvalue weighted by atomic mass is 9.71. The lowest BCUT2D eigenvalue weighted by Crippen LogP contribution is -2.54. The van der Waals surface area contributed by atoms with Gasteiger partial charge in [0.15, 0.2) is 0 Å². The van der Waals surface area contributed by atoms with Crippen molar-refractivity contribution in [2.75, 3.05) is 18.4 Å². The normalized spacial score (nSPS) is 27.7. The number of hydrogen-bond acceptors (Lipinski definition) is 3. The predicted octanol–water partition coefficient (Wildman–Crippen LogP) is 3.27. The van der Waals surface area contributed by atoms with Crippen LogP contribution >= 0.6 is 0 Å². The van der Waals surface area contributed by atoms with E-state index in [4.69, 9.17) is 0 Å². The van der Waals surface area contributed by atoms with Crippen LogP contribution in [0.5, 0.6) is 0 Å². The number of aliphatic hydroxyl groups is 1. The monoisotopic (exact) mass is 316 g/mol. The van der Waals surface area contributed by atoms with Crippen molar-refractivity contribution in [2.45, 2.75) is 57.6 Å². The van der Waals surface area contributed by atoms with E-state index in [0.717, 1.165) is 30.5 Å². The van der Waals surface area contributed by atoms with Gasteiger partial charge in [0.25, 0.3) is 5.91 Å². The number of benzene rings is 1. The average molecular weight is 316 g/mol. The SMILES string of the molecule is CC(C)Nc1cccc(C(=O)N2CC[C@@]3(O)CCCC[C@H]3C2)c1. The number of carbonyl (C=O) groups is 1. The zero-order valence-electron chi connectivity index (χ0n) is 14.2. The Morgan fingerprint density at radius 1 is 1.35 bits per heavy atom. The zero-order valence-corrected chi connectivity index (χ0v) is 14.2. The highest BCUT2D eigenvalue weighted by Gasteiger charge is 2.43. The van der Waals surface area contributed by atoms with Gasteiger partial charge in [-0.3, -0.25) is 4.79 Å². The van der Waals surface area contributed by atoms with Gasteiger partial charge < -0.3 is 15.3 Å². The number of hydrogen-bond donors (Lipinski definition) is 2. The topological polar surface area (TPSA) is 52.6 Å². The van der Waals surface area contributed by atoms with Gasteiger partial charge in [0.1, 0.15) is 0 Å². The van der Waals surface area contributed by atoms with Gasteiger partial charge in [0.2, 0.25) is 0 Å². The van der Waals surface area contributed by atoms with Crippen LogP contribution in [0.4, 0.5) is 5.69 Å². The van der Waals surface area contributed by atoms with E-state index in [-0.39, 0.29) is 11.8 Å². The van der Waals surface area contributed by atoms with Gasteiger partial charge in [-0.1, -0.05) is 18.9 Å². The van der Waals surface area contributed by atoms with E-state index < -0.39 is 5.60 Å². The first-order valence-corrected chi connectivity index (χ1v) is 8.86. The number of nitrogens with one attached hydrogen (secondary N) is 1. The van der Waals surface area contributed by atoms with Crippen LogP contribution in [0.3, 0.4) is 0 Å². The van der Waals surface area contributed by atoms with Crippen molar-refractivity contribution in [3.8, 4) is 0 Å². The van der Waals surface area contributed by atoms with Crippen molar-refractivity contribution in [3.63, 3.8) is 0 Å². The highest BCUT2D eigenvalue weighted by atomic mass is 16.3. The molecule has 126 valence electrons. The summed E-state index contributed by atoms with van der Waals surface area (Å²) in [4.78, 5) is 14.8. The lowest BCUT2D eigenvalue weighted by Gasteiger charge is -2.47. The summed E-state index contributed by atoms with van der Waals surface area (Å²) in [5.41, 5.74) is 1.18. The minimum atomic E-state index is -0.532. The van der Waals surface area contributed by atoms with Crippen LogP contribution in [-0.2, 0) is 0 Å². The lowest BCUT2D eigenvalue weighted by molar-refractivity contribution is -0.0886. The zero-order chi connectivity index (χ0) is 16.4. The second kappa shape index (κ2) is 6.52. The molecule has 0 unspecified atom stereocenters. The van der Waals surface area contributed by atoms with Gasteiger partial charge in [-0.2, -0.15) is 0 Å². The maximum absolute atomic E-state index is 12.8. The molecule has 2 fully saturated rings. The van der Waals surface area contributed by atoms with E-state index in [1.807, 2.05) is 29.2 Å². The molecular weight excluding hydrogens is 288 g/mol. The highest BCUT2D eigenvalue weighted by Crippen LogP contribution is 2.40. The predicted molar refractivity (Wildman–Crippen MR) is 92.6 cm³/mol. The molecule has 1 aromatic rings. The van der Waals surface area contributed by atoms with Crippen LogP contribution < -0.4 is 5.32 Å². The van der Waals surface area contributed by atoms with Crippen LogP contribution in [0, 0.1) is 5.92 Å². The van der Waals surface area contributed by atoms with Crippen LogP contribution in [0.15, 0.2) is 24.3 Å². The summed E-state index contributed by atoms with van der Waals surface area (Å²) in [6.07, 6.45) is 4.93. The summed E-state index contributed by atoms with van der Waals surface area (Å²) in [5.74, 6) is 0.330. The van der Waals surface area contributed by atoms with E-state index in [0.29, 0.717) is 25.6 Å². The Balaban J connectivity index is 1.71. The Morgan fingerprint density at radius 2 is 2.17 bits per heavy atom. The second-order valence-corrected chi connectivity index (χ2v) is 7.43. The van der Waals surface area contributed by atoms with Crippen molar-refractivity contribution in [3.05, 3.63) is 29.8 Å². The van der Waals surface area contributed by atoms with Crippen molar-refractivity contribution in [1.29, 1.82) is 0 Å². The van der Waals surface area contributed by atoms with Crippen LogP contribution in [0.1, 0.15) is 56.3 Å². The molecule has 4 heteroatoms. The smallest absolute Gasteiger partial charge is 0.253 e. The Hall–Kier alpha value is -1.55. The number of carbonyl (C=O) groups excluding carboxylic acids is 1. The molecular formula is C19H28N2O2. The van der Waals surface area contributed by atoms with E-state index in [2.05, 4.69) is 19.2 Å². The van der Waals surface area contributed by atoms with Gasteiger partial charge in [-0.15, -0.1) is 0 Å². The molecule has 2 atom stereocenters. The van der Waals surface area contributed by atoms with Gasteiger partial charge in [0.05, 0.1) is 5.60 Å². The standard InChI is InChI=1S/C19H28N2O2/c1-14(2)20-17-8-5-6-15(12-17)18(22)21-11-10-19(23)9-4-3-7-16(19)13-21/h5-6,8,12,14,16,20,23H,3-4,7,9-11,13H2,1-2H3/t16-,19-/m0/s1. The van der Waals surface area contributed by atoms with Crippen molar-refractivity contribution in [1.82, 2.24) is 4.90 Å². The molecule has 1 saturated heterocycles. The van der Waals surface area contributed by atoms with Crippen LogP contribution in [-0.4, -0.2) is 40.6 Å². The summed E-state index contributed by atoms with van der Waals surface area (Å²) in [6.45, 7) is 5.52. The molecule has 23 heavy (non-hydrogen) atoms. The first kappa shape index (κ1) is 16.3. The maximum Gasteiger partial charge on any atom is 0.253 e. The van der Waals surface area contributed by atoms with E-state index in [9.17, 15) is 9.90 Å². The fraction of sp³-hybridized carbons (Fsp3) is 0.632. The Labute approximate surface area is 138 Å². The summed E-state index contributed by atoms with van der Waals surface area (Å²) in [6, 6.07) is 8.08. The highest BCUT2D eigenvalue weighted by molar-refractivity contribution is 5.95. The van der Waals surface area contributed by atoms with Crippen LogP contribution in [0.25, 0.3) is 0 Å². The van der Waals surface area contributed by atoms with Crippen molar-refractivity contribution >= 4 is 11.6 Å². The first-order valence-electron chi connectivity index (χ1n) is 8.86. The number of rotatable bonds is 3. The Kier molecular flexibility index (Phi) is 4.62. The Bertz CT molecular complexity index is 572. The molecule has 4 nitrogen and oxygen atoms in total. The molecule has 2 aliphatic rings. The molecule has 0 bridgehead atoms. The minimum Gasteiger partial charge on any atom is -0.389 e. The largest absolute Gasteiger partial charge is 0.389 e. The third kappa shape index (κ3) is 3.52. The molecule has 2 N–H and O–H groups in total. The van der Waals surface area contributed by atoms with Gasteiger partial charge in [-0.05, 0) is 51.3 Å². The molecule has 1 heterocycles. The third-order valence-corrected chi connectivity index (χ3v) is 5.28. The molecule has 1 aromatic carbocycles. The second-order valence-electron chi connectivity index (χ2n) is 7.43. The fourth-order valence-electron chi connectivity index (χ4n) is 4.01. The Morgan fingerprint density at radius 3 is 2.96 bits per heavy atom. The first-order chi connectivity index (χ1) is 11.0. The van der Waals surface area contributed by atoms with E-state index in [1.54, 1.807) is 0 Å². The molecule has 0 radical (unpaired) electrons. The van der Waals surface area contributed by atoms with Crippen LogP contribution in [0.2, 0.25) is 0 Å². The molecule has 1 aliphatic heterocycles. The molecule has 1 saturated carbocycles. The third-order valence-electron chi connectivity index (χ3n) is 5.28. The van der Waals surface area contributed by atoms with Crippen molar-refractivity contribution in [2.24, 2.45) is 5.92 Å². The summed E-state index contributed by atoms with van der Waals surface area (Å²) in [5, 5.41) is 14.1. The number of amides is 1. The summed E-state index contributed by atoms with van der Waals surface area (Å²) < 4.78 is 0. The van der Waals surface area contributed by atoms with Gasteiger partial charge in [-0.25, -0.2) is 0 Å². The number of anilines is 1. The van der Waals surface area contributed by atoms with Gasteiger partial charge in [0, 0.05) is 36.3 Å². The molecule has 3 rings (SSSR count). The number of piperidine rings is 1. The molecule has 0 spiro atoms. The van der Waals surface area contributed by atoms with E-state index in [1.165, 1.54) is 6.42 Å².